The predicted octanol–water partition coefficient (Wildman–Crippen LogP) is 2.62. The van der Waals surface area contributed by atoms with E-state index >= 15 is 0 Å². The number of carboxylic acids is 1. The molecule has 1 unspecified atom stereocenters. The normalized spacial score (nSPS) is 15.8. The highest BCUT2D eigenvalue weighted by Crippen LogP contribution is 2.35. The van der Waals surface area contributed by atoms with E-state index in [1.807, 2.05) is 0 Å². The Morgan fingerprint density at radius 1 is 1.35 bits per heavy atom. The van der Waals surface area contributed by atoms with Crippen molar-refractivity contribution in [2.45, 2.75) is 32.1 Å². The lowest BCUT2D eigenvalue weighted by Gasteiger charge is -2.20. The van der Waals surface area contributed by atoms with Crippen LogP contribution in [-0.2, 0) is 9.53 Å². The summed E-state index contributed by atoms with van der Waals surface area (Å²) in [6, 6.07) is 0. The maximum Gasteiger partial charge on any atom is 0.455 e. The Labute approximate surface area is 93.9 Å². The van der Waals surface area contributed by atoms with E-state index in [0.717, 1.165) is 6.08 Å². The van der Waals surface area contributed by atoms with Crippen molar-refractivity contribution in [1.82, 2.24) is 0 Å². The van der Waals surface area contributed by atoms with Gasteiger partial charge in [0.25, 0.3) is 0 Å². The first kappa shape index (κ1) is 15.8. The van der Waals surface area contributed by atoms with Gasteiger partial charge in [0, 0.05) is 5.57 Å². The zero-order valence-corrected chi connectivity index (χ0v) is 9.02. The summed E-state index contributed by atoms with van der Waals surface area (Å²) in [4.78, 5) is 10.3. The zero-order valence-electron chi connectivity index (χ0n) is 9.02. The quantitative estimate of drug-likeness (QED) is 0.612. The lowest BCUT2D eigenvalue weighted by Crippen LogP contribution is -2.41. The van der Waals surface area contributed by atoms with E-state index < -0.39 is 30.8 Å². The van der Waals surface area contributed by atoms with Crippen LogP contribution in [0.4, 0.5) is 22.0 Å². The SMILES string of the molecule is CC(=CC(C)OCC(F)(F)C(F)(F)F)C(=O)O. The smallest absolute Gasteiger partial charge is 0.455 e. The largest absolute Gasteiger partial charge is 0.478 e. The van der Waals surface area contributed by atoms with Crippen molar-refractivity contribution in [3.63, 3.8) is 0 Å². The number of carboxylic acid groups (broad SMARTS) is 1. The van der Waals surface area contributed by atoms with Crippen molar-refractivity contribution in [2.75, 3.05) is 6.61 Å². The molecule has 0 bridgehead atoms. The fourth-order valence-electron chi connectivity index (χ4n) is 0.789. The Balaban J connectivity index is 4.40. The minimum absolute atomic E-state index is 0.201. The Bertz CT molecular complexity index is 308. The molecule has 0 spiro atoms. The first-order valence-corrected chi connectivity index (χ1v) is 4.45. The van der Waals surface area contributed by atoms with Gasteiger partial charge < -0.3 is 9.84 Å². The van der Waals surface area contributed by atoms with Crippen LogP contribution in [0.5, 0.6) is 0 Å². The van der Waals surface area contributed by atoms with Gasteiger partial charge in [-0.05, 0) is 19.9 Å². The summed E-state index contributed by atoms with van der Waals surface area (Å²) >= 11 is 0. The summed E-state index contributed by atoms with van der Waals surface area (Å²) in [6.45, 7) is 0.490. The molecule has 0 saturated heterocycles. The Kier molecular flexibility index (Phi) is 5.06. The molecule has 0 amide bonds. The minimum atomic E-state index is -5.68. The maximum atomic E-state index is 12.4. The highest BCUT2D eigenvalue weighted by Gasteiger charge is 2.57. The first-order valence-electron chi connectivity index (χ1n) is 4.45. The minimum Gasteiger partial charge on any atom is -0.478 e. The Morgan fingerprint density at radius 2 is 1.82 bits per heavy atom. The number of hydrogen-bond acceptors (Lipinski definition) is 2. The molecular formula is C9H11F5O3. The van der Waals surface area contributed by atoms with Crippen molar-refractivity contribution < 1.29 is 36.6 Å². The Hall–Kier alpha value is -1.18. The third-order valence-electron chi connectivity index (χ3n) is 1.76. The van der Waals surface area contributed by atoms with Crippen LogP contribution in [0.15, 0.2) is 11.6 Å². The first-order chi connectivity index (χ1) is 7.47. The van der Waals surface area contributed by atoms with Gasteiger partial charge >= 0.3 is 18.1 Å². The van der Waals surface area contributed by atoms with Gasteiger partial charge in [-0.2, -0.15) is 22.0 Å². The molecule has 8 heteroatoms. The molecular weight excluding hydrogens is 251 g/mol. The molecule has 0 rings (SSSR count). The van der Waals surface area contributed by atoms with Crippen LogP contribution >= 0.6 is 0 Å². The molecule has 0 heterocycles. The van der Waals surface area contributed by atoms with E-state index in [1.165, 1.54) is 13.8 Å². The topological polar surface area (TPSA) is 46.5 Å². The van der Waals surface area contributed by atoms with E-state index in [9.17, 15) is 26.7 Å². The van der Waals surface area contributed by atoms with Crippen LogP contribution in [0.25, 0.3) is 0 Å². The van der Waals surface area contributed by atoms with Gasteiger partial charge in [-0.25, -0.2) is 4.79 Å². The summed E-state index contributed by atoms with van der Waals surface area (Å²) in [5.41, 5.74) is -0.201. The molecule has 0 aromatic rings. The summed E-state index contributed by atoms with van der Waals surface area (Å²) in [5.74, 6) is -6.25. The molecule has 0 aromatic heterocycles. The number of hydrogen-bond donors (Lipinski definition) is 1. The molecule has 0 aliphatic heterocycles. The number of alkyl halides is 5. The highest BCUT2D eigenvalue weighted by molar-refractivity contribution is 5.85. The second-order valence-corrected chi connectivity index (χ2v) is 3.37. The van der Waals surface area contributed by atoms with Gasteiger partial charge in [-0.15, -0.1) is 0 Å². The molecule has 0 radical (unpaired) electrons. The second kappa shape index (κ2) is 5.44. The molecule has 17 heavy (non-hydrogen) atoms. The summed E-state index contributed by atoms with van der Waals surface area (Å²) in [7, 11) is 0. The van der Waals surface area contributed by atoms with Crippen LogP contribution < -0.4 is 0 Å². The molecule has 3 nitrogen and oxygen atoms in total. The van der Waals surface area contributed by atoms with Crippen LogP contribution in [0, 0.1) is 0 Å². The van der Waals surface area contributed by atoms with Crippen molar-refractivity contribution in [2.24, 2.45) is 0 Å². The number of carbonyl (C=O) groups is 1. The fraction of sp³-hybridized carbons (Fsp3) is 0.667. The zero-order chi connectivity index (χ0) is 13.9. The van der Waals surface area contributed by atoms with Crippen LogP contribution in [-0.4, -0.2) is 35.9 Å². The van der Waals surface area contributed by atoms with Crippen LogP contribution in [0.2, 0.25) is 0 Å². The van der Waals surface area contributed by atoms with Gasteiger partial charge in [0.1, 0.15) is 6.61 Å². The number of halogens is 5. The molecule has 0 aromatic carbocycles. The molecule has 0 fully saturated rings. The van der Waals surface area contributed by atoms with Gasteiger partial charge in [-0.1, -0.05) is 0 Å². The van der Waals surface area contributed by atoms with Gasteiger partial charge in [0.2, 0.25) is 0 Å². The molecule has 1 atom stereocenters. The van der Waals surface area contributed by atoms with E-state index in [1.54, 1.807) is 0 Å². The molecule has 0 aliphatic rings. The van der Waals surface area contributed by atoms with Gasteiger partial charge in [0.05, 0.1) is 6.10 Å². The summed E-state index contributed by atoms with van der Waals surface area (Å²) in [6.07, 6.45) is -5.90. The molecule has 1 N–H and O–H groups in total. The summed E-state index contributed by atoms with van der Waals surface area (Å²) < 4.78 is 64.2. The maximum absolute atomic E-state index is 12.4. The number of aliphatic carboxylic acids is 1. The van der Waals surface area contributed by atoms with E-state index in [-0.39, 0.29) is 5.57 Å². The average molecular weight is 262 g/mol. The Morgan fingerprint density at radius 3 is 2.18 bits per heavy atom. The summed E-state index contributed by atoms with van der Waals surface area (Å²) in [5, 5.41) is 8.44. The third-order valence-corrected chi connectivity index (χ3v) is 1.76. The molecule has 100 valence electrons. The van der Waals surface area contributed by atoms with Crippen molar-refractivity contribution in [3.8, 4) is 0 Å². The van der Waals surface area contributed by atoms with Gasteiger partial charge in [0.15, 0.2) is 0 Å². The lowest BCUT2D eigenvalue weighted by molar-refractivity contribution is -0.298. The van der Waals surface area contributed by atoms with E-state index in [4.69, 9.17) is 5.11 Å². The predicted molar refractivity (Wildman–Crippen MR) is 47.8 cm³/mol. The van der Waals surface area contributed by atoms with Crippen molar-refractivity contribution in [1.29, 1.82) is 0 Å². The highest BCUT2D eigenvalue weighted by atomic mass is 19.4. The molecule has 0 saturated carbocycles. The van der Waals surface area contributed by atoms with Crippen molar-refractivity contribution in [3.05, 3.63) is 11.6 Å². The van der Waals surface area contributed by atoms with Gasteiger partial charge in [-0.3, -0.25) is 0 Å². The van der Waals surface area contributed by atoms with Crippen molar-refractivity contribution >= 4 is 5.97 Å². The van der Waals surface area contributed by atoms with Crippen LogP contribution in [0.3, 0.4) is 0 Å². The standard InChI is InChI=1S/C9H11F5O3/c1-5(7(15)16)3-6(2)17-4-8(10,11)9(12,13)14/h3,6H,4H2,1-2H3,(H,15,16). The van der Waals surface area contributed by atoms with Crippen LogP contribution in [0.1, 0.15) is 13.8 Å². The second-order valence-electron chi connectivity index (χ2n) is 3.37. The van der Waals surface area contributed by atoms with E-state index in [2.05, 4.69) is 4.74 Å². The number of rotatable bonds is 5. The third kappa shape index (κ3) is 5.12. The number of ether oxygens (including phenoxy) is 1. The monoisotopic (exact) mass is 262 g/mol. The lowest BCUT2D eigenvalue weighted by atomic mass is 10.2. The van der Waals surface area contributed by atoms with E-state index in [0.29, 0.717) is 0 Å². The fourth-order valence-corrected chi connectivity index (χ4v) is 0.789. The molecule has 0 aliphatic carbocycles. The average Bonchev–Trinajstić information content (AvgIpc) is 2.12.